The van der Waals surface area contributed by atoms with E-state index in [2.05, 4.69) is 13.1 Å². The molecule has 1 aliphatic rings. The van der Waals surface area contributed by atoms with Crippen LogP contribution in [0.2, 0.25) is 5.02 Å². The molecule has 1 aliphatic heterocycles. The summed E-state index contributed by atoms with van der Waals surface area (Å²) in [4.78, 5) is 3.29. The summed E-state index contributed by atoms with van der Waals surface area (Å²) in [6.45, 7) is 10.9. The lowest BCUT2D eigenvalue weighted by Gasteiger charge is -2.27. The van der Waals surface area contributed by atoms with E-state index in [0.29, 0.717) is 0 Å². The van der Waals surface area contributed by atoms with E-state index in [-0.39, 0.29) is 0 Å². The van der Waals surface area contributed by atoms with Gasteiger partial charge < -0.3 is 14.5 Å². The fourth-order valence-electron chi connectivity index (χ4n) is 2.51. The number of hydrogen-bond donors (Lipinski definition) is 2. The summed E-state index contributed by atoms with van der Waals surface area (Å²) >= 11 is 6.30. The van der Waals surface area contributed by atoms with Crippen LogP contribution in [0, 0.1) is 13.8 Å². The normalized spacial score (nSPS) is 23.4. The van der Waals surface area contributed by atoms with Gasteiger partial charge in [-0.05, 0) is 25.0 Å². The number of rotatable bonds is 4. The quantitative estimate of drug-likeness (QED) is 0.780. The first-order chi connectivity index (χ1) is 9.08. The number of likely N-dealkylation sites (N-methyl/N-ethyl adjacent to an activating group) is 1. The Morgan fingerprint density at radius 2 is 1.74 bits per heavy atom. The van der Waals surface area contributed by atoms with Gasteiger partial charge in [0.05, 0.1) is 12.1 Å². The van der Waals surface area contributed by atoms with Gasteiger partial charge in [-0.25, -0.2) is 0 Å². The van der Waals surface area contributed by atoms with Crippen molar-refractivity contribution >= 4 is 11.6 Å². The van der Waals surface area contributed by atoms with Gasteiger partial charge in [0.2, 0.25) is 0 Å². The third-order valence-corrected chi connectivity index (χ3v) is 4.47. The fourth-order valence-corrected chi connectivity index (χ4v) is 2.77. The standard InChI is InChI=1S/C15H23ClN2O/c1-12-4-5-13(2)15(14(12)16)19-11-10-18-8-6-17(3)7-9-18/h4-5H,6-11H2,1-3H3/p+2. The highest BCUT2D eigenvalue weighted by Crippen LogP contribution is 2.31. The van der Waals surface area contributed by atoms with Gasteiger partial charge in [0.15, 0.2) is 0 Å². The molecule has 0 aromatic heterocycles. The summed E-state index contributed by atoms with van der Waals surface area (Å²) in [5.74, 6) is 0.862. The summed E-state index contributed by atoms with van der Waals surface area (Å²) in [5.41, 5.74) is 2.20. The maximum Gasteiger partial charge on any atom is 0.141 e. The van der Waals surface area contributed by atoms with Crippen molar-refractivity contribution in [1.29, 1.82) is 0 Å². The molecule has 0 unspecified atom stereocenters. The molecule has 0 bridgehead atoms. The van der Waals surface area contributed by atoms with Gasteiger partial charge in [0, 0.05) is 0 Å². The second-order valence-corrected chi connectivity index (χ2v) is 6.03. The molecule has 2 rings (SSSR count). The van der Waals surface area contributed by atoms with Crippen molar-refractivity contribution in [2.75, 3.05) is 46.4 Å². The van der Waals surface area contributed by atoms with Crippen LogP contribution in [-0.2, 0) is 0 Å². The Morgan fingerprint density at radius 1 is 1.11 bits per heavy atom. The molecular formula is C15H25ClN2O+2. The molecule has 1 saturated heterocycles. The number of benzene rings is 1. The monoisotopic (exact) mass is 284 g/mol. The van der Waals surface area contributed by atoms with E-state index in [4.69, 9.17) is 16.3 Å². The highest BCUT2D eigenvalue weighted by molar-refractivity contribution is 6.32. The first-order valence-corrected chi connectivity index (χ1v) is 7.49. The zero-order valence-corrected chi connectivity index (χ0v) is 12.9. The maximum absolute atomic E-state index is 6.30. The zero-order chi connectivity index (χ0) is 13.8. The van der Waals surface area contributed by atoms with Crippen LogP contribution in [0.5, 0.6) is 5.75 Å². The smallest absolute Gasteiger partial charge is 0.141 e. The minimum Gasteiger partial charge on any atom is -0.486 e. The van der Waals surface area contributed by atoms with Gasteiger partial charge in [0.25, 0.3) is 0 Å². The molecular weight excluding hydrogens is 260 g/mol. The van der Waals surface area contributed by atoms with Gasteiger partial charge >= 0.3 is 0 Å². The summed E-state index contributed by atoms with van der Waals surface area (Å²) in [6.07, 6.45) is 0. The number of quaternary nitrogens is 2. The van der Waals surface area contributed by atoms with Crippen molar-refractivity contribution in [2.24, 2.45) is 0 Å². The van der Waals surface area contributed by atoms with Gasteiger partial charge in [0.1, 0.15) is 45.1 Å². The van der Waals surface area contributed by atoms with E-state index >= 15 is 0 Å². The summed E-state index contributed by atoms with van der Waals surface area (Å²) < 4.78 is 5.92. The molecule has 1 aromatic rings. The molecule has 3 nitrogen and oxygen atoms in total. The van der Waals surface area contributed by atoms with Crippen molar-refractivity contribution in [1.82, 2.24) is 0 Å². The average Bonchev–Trinajstić information content (AvgIpc) is 2.40. The minimum atomic E-state index is 0.748. The number of nitrogens with one attached hydrogen (secondary N) is 2. The lowest BCUT2D eigenvalue weighted by Crippen LogP contribution is -3.27. The SMILES string of the molecule is Cc1ccc(C)c(OCC[NH+]2CC[NH+](C)CC2)c1Cl. The second kappa shape index (κ2) is 6.60. The van der Waals surface area contributed by atoms with Gasteiger partial charge in [-0.2, -0.15) is 0 Å². The van der Waals surface area contributed by atoms with Gasteiger partial charge in [-0.3, -0.25) is 0 Å². The molecule has 0 aliphatic carbocycles. The van der Waals surface area contributed by atoms with E-state index in [1.165, 1.54) is 26.2 Å². The van der Waals surface area contributed by atoms with Crippen LogP contribution in [0.3, 0.4) is 0 Å². The average molecular weight is 285 g/mol. The van der Waals surface area contributed by atoms with Crippen LogP contribution in [0.25, 0.3) is 0 Å². The van der Waals surface area contributed by atoms with Crippen LogP contribution in [0.1, 0.15) is 11.1 Å². The molecule has 0 atom stereocenters. The maximum atomic E-state index is 6.30. The molecule has 0 saturated carbocycles. The fraction of sp³-hybridized carbons (Fsp3) is 0.600. The molecule has 0 spiro atoms. The van der Waals surface area contributed by atoms with Crippen molar-refractivity contribution < 1.29 is 14.5 Å². The molecule has 1 fully saturated rings. The summed E-state index contributed by atoms with van der Waals surface area (Å²) in [5, 5.41) is 0.762. The van der Waals surface area contributed by atoms with Crippen LogP contribution in [0.4, 0.5) is 0 Å². The van der Waals surface area contributed by atoms with Crippen molar-refractivity contribution in [3.05, 3.63) is 28.3 Å². The largest absolute Gasteiger partial charge is 0.486 e. The van der Waals surface area contributed by atoms with E-state index in [1.54, 1.807) is 9.80 Å². The first kappa shape index (κ1) is 14.6. The van der Waals surface area contributed by atoms with Crippen LogP contribution >= 0.6 is 11.6 Å². The predicted molar refractivity (Wildman–Crippen MR) is 78.6 cm³/mol. The molecule has 19 heavy (non-hydrogen) atoms. The van der Waals surface area contributed by atoms with E-state index in [1.807, 2.05) is 19.9 Å². The van der Waals surface area contributed by atoms with Crippen LogP contribution in [-0.4, -0.2) is 46.4 Å². The number of aryl methyl sites for hydroxylation is 2. The molecule has 0 amide bonds. The topological polar surface area (TPSA) is 18.1 Å². The highest BCUT2D eigenvalue weighted by atomic mass is 35.5. The van der Waals surface area contributed by atoms with Gasteiger partial charge in [-0.1, -0.05) is 23.7 Å². The molecule has 2 N–H and O–H groups in total. The molecule has 4 heteroatoms. The second-order valence-electron chi connectivity index (χ2n) is 5.65. The number of hydrogen-bond acceptors (Lipinski definition) is 1. The Labute approximate surface area is 121 Å². The Bertz CT molecular complexity index is 428. The third-order valence-electron chi connectivity index (χ3n) is 4.00. The Kier molecular flexibility index (Phi) is 5.08. The Balaban J connectivity index is 1.84. The van der Waals surface area contributed by atoms with E-state index in [9.17, 15) is 0 Å². The van der Waals surface area contributed by atoms with Crippen molar-refractivity contribution in [2.45, 2.75) is 13.8 Å². The summed E-state index contributed by atoms with van der Waals surface area (Å²) in [7, 11) is 2.27. The zero-order valence-electron chi connectivity index (χ0n) is 12.2. The van der Waals surface area contributed by atoms with E-state index in [0.717, 1.165) is 35.1 Å². The molecule has 106 valence electrons. The molecule has 1 aromatic carbocycles. The predicted octanol–water partition coefficient (Wildman–Crippen LogP) is -0.251. The Hall–Kier alpha value is -0.770. The molecule has 1 heterocycles. The highest BCUT2D eigenvalue weighted by Gasteiger charge is 2.19. The van der Waals surface area contributed by atoms with Gasteiger partial charge in [-0.15, -0.1) is 0 Å². The summed E-state index contributed by atoms with van der Waals surface area (Å²) in [6, 6.07) is 4.11. The minimum absolute atomic E-state index is 0.748. The van der Waals surface area contributed by atoms with Crippen LogP contribution < -0.4 is 14.5 Å². The molecule has 0 radical (unpaired) electrons. The number of halogens is 1. The third kappa shape index (κ3) is 3.85. The van der Waals surface area contributed by atoms with E-state index < -0.39 is 0 Å². The lowest BCUT2D eigenvalue weighted by molar-refractivity contribution is -1.00. The van der Waals surface area contributed by atoms with Crippen molar-refractivity contribution in [3.8, 4) is 5.75 Å². The first-order valence-electron chi connectivity index (χ1n) is 7.11. The number of ether oxygens (including phenoxy) is 1. The lowest BCUT2D eigenvalue weighted by atomic mass is 10.1. The van der Waals surface area contributed by atoms with Crippen LogP contribution in [0.15, 0.2) is 12.1 Å². The van der Waals surface area contributed by atoms with Crippen molar-refractivity contribution in [3.63, 3.8) is 0 Å². The number of piperazine rings is 1. The Morgan fingerprint density at radius 3 is 2.42 bits per heavy atom.